The van der Waals surface area contributed by atoms with Crippen LogP contribution >= 0.6 is 0 Å². The molecule has 0 saturated carbocycles. The molecule has 0 radical (unpaired) electrons. The molecule has 0 spiro atoms. The van der Waals surface area contributed by atoms with Crippen LogP contribution in [0.5, 0.6) is 0 Å². The molecule has 6 heteroatoms. The van der Waals surface area contributed by atoms with E-state index in [2.05, 4.69) is 39.6 Å². The average Bonchev–Trinajstić information content (AvgIpc) is 3.19. The van der Waals surface area contributed by atoms with Crippen molar-refractivity contribution in [2.45, 2.75) is 50.4 Å². The molecule has 0 bridgehead atoms. The number of hydrogen-bond acceptors (Lipinski definition) is 4. The summed E-state index contributed by atoms with van der Waals surface area (Å²) >= 11 is 0. The van der Waals surface area contributed by atoms with Crippen LogP contribution in [-0.4, -0.2) is 67.1 Å². The Bertz CT molecular complexity index is 869. The second-order valence-corrected chi connectivity index (χ2v) is 9.24. The molecule has 2 N–H and O–H groups in total. The van der Waals surface area contributed by atoms with Crippen LogP contribution in [0, 0.1) is 5.82 Å². The fourth-order valence-electron chi connectivity index (χ4n) is 4.94. The minimum atomic E-state index is -0.212. The number of likely N-dealkylation sites (tertiary alicyclic amines) is 2. The van der Waals surface area contributed by atoms with Gasteiger partial charge >= 0.3 is 0 Å². The van der Waals surface area contributed by atoms with Gasteiger partial charge in [0.15, 0.2) is 0 Å². The topological polar surface area (TPSA) is 47.6 Å². The zero-order valence-electron chi connectivity index (χ0n) is 19.0. The van der Waals surface area contributed by atoms with E-state index in [1.54, 1.807) is 12.1 Å². The molecule has 0 aliphatic carbocycles. The summed E-state index contributed by atoms with van der Waals surface area (Å²) in [6.45, 7) is 4.32. The molecule has 1 amide bonds. The van der Waals surface area contributed by atoms with Gasteiger partial charge in [0.25, 0.3) is 0 Å². The maximum absolute atomic E-state index is 13.9. The molecule has 2 aromatic rings. The Balaban J connectivity index is 1.36. The number of halogens is 1. The summed E-state index contributed by atoms with van der Waals surface area (Å²) in [7, 11) is 2.18. The Kier molecular flexibility index (Phi) is 7.90. The molecule has 0 aromatic heterocycles. The number of rotatable bonds is 8. The van der Waals surface area contributed by atoms with Crippen LogP contribution in [0.25, 0.3) is 0 Å². The van der Waals surface area contributed by atoms with Gasteiger partial charge in [-0.05, 0) is 63.0 Å². The molecule has 2 aromatic carbocycles. The van der Waals surface area contributed by atoms with Crippen molar-refractivity contribution in [3.8, 4) is 0 Å². The summed E-state index contributed by atoms with van der Waals surface area (Å²) in [5.41, 5.74) is 1.86. The number of hydrogen-bond donors (Lipinski definition) is 2. The summed E-state index contributed by atoms with van der Waals surface area (Å²) in [4.78, 5) is 17.8. The molecule has 0 unspecified atom stereocenters. The third-order valence-electron chi connectivity index (χ3n) is 6.78. The van der Waals surface area contributed by atoms with E-state index in [1.807, 2.05) is 24.3 Å². The minimum absolute atomic E-state index is 0.0462. The summed E-state index contributed by atoms with van der Waals surface area (Å²) in [5.74, 6) is -0.166. The zero-order valence-corrected chi connectivity index (χ0v) is 19.0. The molecular weight excluding hydrogens is 403 g/mol. The SMILES string of the molecule is CN1CCC(N[C@H]2C[C@@H](C(=O)NCCc3ccccc3F)N(Cc3ccccc3)C2)CC1. The molecule has 5 nitrogen and oxygen atoms in total. The largest absolute Gasteiger partial charge is 0.354 e. The summed E-state index contributed by atoms with van der Waals surface area (Å²) in [5, 5.41) is 6.89. The Morgan fingerprint density at radius 2 is 1.75 bits per heavy atom. The lowest BCUT2D eigenvalue weighted by Crippen LogP contribution is -2.46. The predicted molar refractivity (Wildman–Crippen MR) is 126 cm³/mol. The Morgan fingerprint density at radius 3 is 2.50 bits per heavy atom. The van der Waals surface area contributed by atoms with Crippen molar-refractivity contribution >= 4 is 5.91 Å². The summed E-state index contributed by atoms with van der Waals surface area (Å²) in [6, 6.07) is 17.8. The summed E-state index contributed by atoms with van der Waals surface area (Å²) < 4.78 is 13.9. The number of nitrogens with zero attached hydrogens (tertiary/aromatic N) is 2. The Morgan fingerprint density at radius 1 is 1.03 bits per heavy atom. The quantitative estimate of drug-likeness (QED) is 0.666. The first-order valence-corrected chi connectivity index (χ1v) is 11.8. The van der Waals surface area contributed by atoms with Crippen LogP contribution in [0.4, 0.5) is 4.39 Å². The van der Waals surface area contributed by atoms with Crippen molar-refractivity contribution < 1.29 is 9.18 Å². The van der Waals surface area contributed by atoms with Crippen LogP contribution in [0.1, 0.15) is 30.4 Å². The van der Waals surface area contributed by atoms with Gasteiger partial charge in [0.2, 0.25) is 5.91 Å². The highest BCUT2D eigenvalue weighted by Gasteiger charge is 2.37. The highest BCUT2D eigenvalue weighted by atomic mass is 19.1. The van der Waals surface area contributed by atoms with Crippen LogP contribution in [-0.2, 0) is 17.8 Å². The van der Waals surface area contributed by atoms with E-state index in [0.29, 0.717) is 30.6 Å². The van der Waals surface area contributed by atoms with Crippen molar-refractivity contribution in [1.29, 1.82) is 0 Å². The van der Waals surface area contributed by atoms with Crippen molar-refractivity contribution in [3.63, 3.8) is 0 Å². The third kappa shape index (κ3) is 6.15. The molecule has 32 heavy (non-hydrogen) atoms. The number of carbonyl (C=O) groups excluding carboxylic acids is 1. The Labute approximate surface area is 191 Å². The highest BCUT2D eigenvalue weighted by molar-refractivity contribution is 5.82. The lowest BCUT2D eigenvalue weighted by Gasteiger charge is -2.31. The third-order valence-corrected chi connectivity index (χ3v) is 6.78. The van der Waals surface area contributed by atoms with Gasteiger partial charge in [-0.2, -0.15) is 0 Å². The van der Waals surface area contributed by atoms with E-state index in [-0.39, 0.29) is 17.8 Å². The zero-order chi connectivity index (χ0) is 22.3. The monoisotopic (exact) mass is 438 g/mol. The van der Waals surface area contributed by atoms with E-state index in [1.165, 1.54) is 11.6 Å². The standard InChI is InChI=1S/C26H35FN4O/c1-30-15-12-22(13-16-30)29-23-17-25(31(19-23)18-20-7-3-2-4-8-20)26(32)28-14-11-21-9-5-6-10-24(21)27/h2-10,22-23,25,29H,11-19H2,1H3,(H,28,32)/t23-,25-/m0/s1. The number of piperidine rings is 1. The van der Waals surface area contributed by atoms with Gasteiger partial charge in [0, 0.05) is 31.7 Å². The van der Waals surface area contributed by atoms with Crippen molar-refractivity contribution in [1.82, 2.24) is 20.4 Å². The maximum atomic E-state index is 13.9. The van der Waals surface area contributed by atoms with E-state index >= 15 is 0 Å². The van der Waals surface area contributed by atoms with Crippen LogP contribution in [0.2, 0.25) is 0 Å². The molecule has 2 heterocycles. The number of nitrogens with one attached hydrogen (secondary N) is 2. The molecule has 2 atom stereocenters. The van der Waals surface area contributed by atoms with Crippen LogP contribution in [0.15, 0.2) is 54.6 Å². The van der Waals surface area contributed by atoms with Gasteiger partial charge in [0.05, 0.1) is 6.04 Å². The highest BCUT2D eigenvalue weighted by Crippen LogP contribution is 2.23. The first kappa shape index (κ1) is 22.9. The van der Waals surface area contributed by atoms with Crippen molar-refractivity contribution in [2.24, 2.45) is 0 Å². The van der Waals surface area contributed by atoms with E-state index < -0.39 is 0 Å². The number of carbonyl (C=O) groups is 1. The van der Waals surface area contributed by atoms with E-state index in [9.17, 15) is 9.18 Å². The molecular formula is C26H35FN4O. The second-order valence-electron chi connectivity index (χ2n) is 9.24. The summed E-state index contributed by atoms with van der Waals surface area (Å²) in [6.07, 6.45) is 3.63. The second kappa shape index (κ2) is 11.0. The fraction of sp³-hybridized carbons (Fsp3) is 0.500. The van der Waals surface area contributed by atoms with Gasteiger partial charge in [-0.1, -0.05) is 48.5 Å². The van der Waals surface area contributed by atoms with Gasteiger partial charge in [0.1, 0.15) is 5.82 Å². The van der Waals surface area contributed by atoms with Crippen LogP contribution < -0.4 is 10.6 Å². The van der Waals surface area contributed by atoms with Gasteiger partial charge in [-0.15, -0.1) is 0 Å². The first-order chi connectivity index (χ1) is 15.6. The Hall–Kier alpha value is -2.28. The molecule has 2 saturated heterocycles. The van der Waals surface area contributed by atoms with E-state index in [0.717, 1.165) is 45.4 Å². The van der Waals surface area contributed by atoms with Gasteiger partial charge < -0.3 is 15.5 Å². The van der Waals surface area contributed by atoms with Gasteiger partial charge in [-0.25, -0.2) is 4.39 Å². The van der Waals surface area contributed by atoms with Crippen molar-refractivity contribution in [3.05, 3.63) is 71.5 Å². The van der Waals surface area contributed by atoms with Crippen molar-refractivity contribution in [2.75, 3.05) is 33.2 Å². The fourth-order valence-corrected chi connectivity index (χ4v) is 4.94. The average molecular weight is 439 g/mol. The lowest BCUT2D eigenvalue weighted by atomic mass is 10.0. The van der Waals surface area contributed by atoms with Crippen LogP contribution in [0.3, 0.4) is 0 Å². The molecule has 2 aliphatic heterocycles. The van der Waals surface area contributed by atoms with E-state index in [4.69, 9.17) is 0 Å². The number of benzene rings is 2. The smallest absolute Gasteiger partial charge is 0.237 e. The molecule has 2 aliphatic rings. The number of amides is 1. The molecule has 2 fully saturated rings. The molecule has 172 valence electrons. The lowest BCUT2D eigenvalue weighted by molar-refractivity contribution is -0.125. The first-order valence-electron chi connectivity index (χ1n) is 11.8. The minimum Gasteiger partial charge on any atom is -0.354 e. The predicted octanol–water partition coefficient (Wildman–Crippen LogP) is 2.81. The van der Waals surface area contributed by atoms with Gasteiger partial charge in [-0.3, -0.25) is 9.69 Å². The maximum Gasteiger partial charge on any atom is 0.237 e. The normalized spacial score (nSPS) is 22.8. The molecule has 4 rings (SSSR count).